The van der Waals surface area contributed by atoms with Crippen molar-refractivity contribution in [3.8, 4) is 28.1 Å². The fourth-order valence-electron chi connectivity index (χ4n) is 5.62. The third kappa shape index (κ3) is 10.8. The lowest BCUT2D eigenvalue weighted by Gasteiger charge is -2.18. The highest BCUT2D eigenvalue weighted by Gasteiger charge is 2.27. The molecule has 7 nitrogen and oxygen atoms in total. The molecule has 0 unspecified atom stereocenters. The van der Waals surface area contributed by atoms with Crippen molar-refractivity contribution in [2.45, 2.75) is 97.9 Å². The SMILES string of the molecule is CCCCCCCOc1ccc(-c2cnc(-c3ccc(C[C@H](CC(=O)c4ccc(C(C)(C)C)s4)C(=O)N[C@H](C)C(=O)O)cc3)c(C)c2)cc1. The van der Waals surface area contributed by atoms with E-state index in [4.69, 9.17) is 9.72 Å². The number of hydrogen-bond donors (Lipinski definition) is 2. The van der Waals surface area contributed by atoms with E-state index in [1.165, 1.54) is 43.9 Å². The lowest BCUT2D eigenvalue weighted by molar-refractivity contribution is -0.141. The topological polar surface area (TPSA) is 106 Å². The first-order valence-corrected chi connectivity index (χ1v) is 18.1. The number of amides is 1. The Hall–Kier alpha value is -4.30. The van der Waals surface area contributed by atoms with Gasteiger partial charge in [-0.3, -0.25) is 19.4 Å². The molecule has 0 fully saturated rings. The fourth-order valence-corrected chi connectivity index (χ4v) is 6.64. The van der Waals surface area contributed by atoms with Crippen LogP contribution in [-0.2, 0) is 21.4 Å². The summed E-state index contributed by atoms with van der Waals surface area (Å²) < 4.78 is 5.92. The number of ketones is 1. The molecule has 2 aromatic heterocycles. The van der Waals surface area contributed by atoms with Crippen molar-refractivity contribution in [3.05, 3.63) is 93.8 Å². The van der Waals surface area contributed by atoms with Crippen molar-refractivity contribution in [3.63, 3.8) is 0 Å². The van der Waals surface area contributed by atoms with Crippen molar-refractivity contribution in [1.82, 2.24) is 10.3 Å². The Labute approximate surface area is 295 Å². The number of pyridine rings is 1. The molecule has 0 saturated carbocycles. The van der Waals surface area contributed by atoms with Gasteiger partial charge in [0.15, 0.2) is 5.78 Å². The number of benzene rings is 2. The van der Waals surface area contributed by atoms with Crippen LogP contribution in [0, 0.1) is 12.8 Å². The maximum absolute atomic E-state index is 13.3. The molecular formula is C41H50N2O5S. The number of hydrogen-bond acceptors (Lipinski definition) is 6. The number of ether oxygens (including phenoxy) is 1. The lowest BCUT2D eigenvalue weighted by atomic mass is 9.91. The van der Waals surface area contributed by atoms with Crippen LogP contribution in [0.4, 0.5) is 0 Å². The predicted octanol–water partition coefficient (Wildman–Crippen LogP) is 9.45. The summed E-state index contributed by atoms with van der Waals surface area (Å²) >= 11 is 1.44. The minimum atomic E-state index is -1.13. The van der Waals surface area contributed by atoms with Gasteiger partial charge in [-0.25, -0.2) is 0 Å². The molecule has 4 rings (SSSR count). The summed E-state index contributed by atoms with van der Waals surface area (Å²) in [5.41, 5.74) is 5.73. The number of aliphatic carboxylic acids is 1. The van der Waals surface area contributed by atoms with E-state index in [-0.39, 0.29) is 17.6 Å². The molecule has 2 N–H and O–H groups in total. The van der Waals surface area contributed by atoms with Crippen LogP contribution in [0.3, 0.4) is 0 Å². The lowest BCUT2D eigenvalue weighted by Crippen LogP contribution is -2.42. The van der Waals surface area contributed by atoms with E-state index in [1.54, 1.807) is 0 Å². The zero-order valence-corrected chi connectivity index (χ0v) is 30.5. The number of carbonyl (C=O) groups excluding carboxylic acids is 2. The average molecular weight is 683 g/mol. The standard InChI is InChI=1S/C41H50N2O5S/c1-7-8-9-10-11-22-48-34-18-16-30(17-19-34)33-23-27(2)38(42-26-33)31-14-12-29(13-15-31)24-32(39(45)43-28(3)40(46)47)25-35(44)36-20-21-37(49-36)41(4,5)6/h12-21,23,26,28,32H,7-11,22,24-25H2,1-6H3,(H,43,45)(H,46,47)/t28-,32-/m1/s1. The maximum Gasteiger partial charge on any atom is 0.325 e. The monoisotopic (exact) mass is 682 g/mol. The summed E-state index contributed by atoms with van der Waals surface area (Å²) in [5, 5.41) is 11.9. The highest BCUT2D eigenvalue weighted by molar-refractivity contribution is 7.14. The molecule has 4 aromatic rings. The summed E-state index contributed by atoms with van der Waals surface area (Å²) in [7, 11) is 0. The van der Waals surface area contributed by atoms with Gasteiger partial charge in [-0.1, -0.05) is 89.8 Å². The van der Waals surface area contributed by atoms with Gasteiger partial charge in [0.05, 0.1) is 17.2 Å². The molecule has 2 aromatic carbocycles. The fraction of sp³-hybridized carbons (Fsp3) is 0.415. The first-order valence-electron chi connectivity index (χ1n) is 17.3. The third-order valence-electron chi connectivity index (χ3n) is 8.64. The van der Waals surface area contributed by atoms with Gasteiger partial charge in [-0.05, 0) is 79.1 Å². The maximum atomic E-state index is 13.3. The summed E-state index contributed by atoms with van der Waals surface area (Å²) in [6, 6.07) is 20.8. The summed E-state index contributed by atoms with van der Waals surface area (Å²) in [4.78, 5) is 44.5. The van der Waals surface area contributed by atoms with Crippen molar-refractivity contribution in [2.24, 2.45) is 5.92 Å². The van der Waals surface area contributed by atoms with E-state index in [2.05, 4.69) is 51.2 Å². The predicted molar refractivity (Wildman–Crippen MR) is 199 cm³/mol. The van der Waals surface area contributed by atoms with Crippen LogP contribution >= 0.6 is 11.3 Å². The average Bonchev–Trinajstić information content (AvgIpc) is 3.58. The molecule has 1 amide bonds. The number of nitrogens with one attached hydrogen (secondary N) is 1. The van der Waals surface area contributed by atoms with E-state index >= 15 is 0 Å². The zero-order chi connectivity index (χ0) is 35.6. The number of unbranched alkanes of at least 4 members (excludes halogenated alkanes) is 4. The van der Waals surface area contributed by atoms with E-state index in [9.17, 15) is 19.5 Å². The van der Waals surface area contributed by atoms with Gasteiger partial charge in [-0.15, -0.1) is 11.3 Å². The van der Waals surface area contributed by atoms with Crippen molar-refractivity contribution >= 4 is 29.0 Å². The number of carbonyl (C=O) groups is 3. The second kappa shape index (κ2) is 17.4. The number of thiophene rings is 1. The third-order valence-corrected chi connectivity index (χ3v) is 10.2. The quantitative estimate of drug-likeness (QED) is 0.0849. The van der Waals surface area contributed by atoms with Crippen LogP contribution < -0.4 is 10.1 Å². The Balaban J connectivity index is 1.43. The molecule has 260 valence electrons. The molecule has 0 radical (unpaired) electrons. The van der Waals surface area contributed by atoms with Gasteiger partial charge in [0.2, 0.25) is 5.91 Å². The van der Waals surface area contributed by atoms with Gasteiger partial charge in [0.1, 0.15) is 11.8 Å². The Morgan fingerprint density at radius 1 is 0.898 bits per heavy atom. The molecule has 0 aliphatic rings. The van der Waals surface area contributed by atoms with Gasteiger partial charge in [-0.2, -0.15) is 0 Å². The molecule has 0 saturated heterocycles. The molecule has 0 bridgehead atoms. The van der Waals surface area contributed by atoms with Crippen molar-refractivity contribution in [2.75, 3.05) is 6.61 Å². The molecule has 2 heterocycles. The summed E-state index contributed by atoms with van der Waals surface area (Å²) in [6.07, 6.45) is 8.22. The number of aryl methyl sites for hydroxylation is 1. The van der Waals surface area contributed by atoms with E-state index in [0.717, 1.165) is 57.2 Å². The Bertz CT molecular complexity index is 1700. The van der Waals surface area contributed by atoms with E-state index in [0.29, 0.717) is 11.3 Å². The smallest absolute Gasteiger partial charge is 0.325 e. The first-order chi connectivity index (χ1) is 23.3. The largest absolute Gasteiger partial charge is 0.494 e. The number of Topliss-reactive ketones (excluding diaryl/α,β-unsaturated/α-hetero) is 1. The molecule has 0 spiro atoms. The van der Waals surface area contributed by atoms with Crippen LogP contribution in [-0.4, -0.2) is 40.4 Å². The van der Waals surface area contributed by atoms with Gasteiger partial charge in [0.25, 0.3) is 0 Å². The number of aromatic nitrogens is 1. The second-order valence-electron chi connectivity index (χ2n) is 13.9. The number of carboxylic acid groups (broad SMARTS) is 1. The van der Waals surface area contributed by atoms with Gasteiger partial charge in [0, 0.05) is 34.5 Å². The minimum absolute atomic E-state index is 0.0156. The summed E-state index contributed by atoms with van der Waals surface area (Å²) in [6.45, 7) is 12.7. The minimum Gasteiger partial charge on any atom is -0.494 e. The highest BCUT2D eigenvalue weighted by atomic mass is 32.1. The normalized spacial score (nSPS) is 12.7. The Morgan fingerprint density at radius 2 is 1.57 bits per heavy atom. The Kier molecular flexibility index (Phi) is 13.3. The number of nitrogens with zero attached hydrogens (tertiary/aromatic N) is 1. The van der Waals surface area contributed by atoms with Crippen LogP contribution in [0.2, 0.25) is 0 Å². The molecule has 49 heavy (non-hydrogen) atoms. The van der Waals surface area contributed by atoms with Gasteiger partial charge >= 0.3 is 5.97 Å². The van der Waals surface area contributed by atoms with E-state index in [1.807, 2.05) is 61.7 Å². The Morgan fingerprint density at radius 3 is 2.18 bits per heavy atom. The summed E-state index contributed by atoms with van der Waals surface area (Å²) in [5.74, 6) is -1.54. The molecule has 0 aliphatic heterocycles. The van der Waals surface area contributed by atoms with Crippen molar-refractivity contribution < 1.29 is 24.2 Å². The van der Waals surface area contributed by atoms with Gasteiger partial charge < -0.3 is 15.2 Å². The second-order valence-corrected chi connectivity index (χ2v) is 15.0. The van der Waals surface area contributed by atoms with Crippen molar-refractivity contribution in [1.29, 1.82) is 0 Å². The number of carboxylic acids is 1. The van der Waals surface area contributed by atoms with E-state index < -0.39 is 23.8 Å². The molecule has 2 atom stereocenters. The zero-order valence-electron chi connectivity index (χ0n) is 29.7. The molecule has 0 aliphatic carbocycles. The molecule has 8 heteroatoms. The van der Waals surface area contributed by atoms with Crippen LogP contribution in [0.25, 0.3) is 22.4 Å². The highest BCUT2D eigenvalue weighted by Crippen LogP contribution is 2.32. The first kappa shape index (κ1) is 37.5. The molecular weight excluding hydrogens is 633 g/mol. The van der Waals surface area contributed by atoms with Crippen LogP contribution in [0.15, 0.2) is 72.9 Å². The van der Waals surface area contributed by atoms with Crippen LogP contribution in [0.5, 0.6) is 5.75 Å². The van der Waals surface area contributed by atoms with Crippen LogP contribution in [0.1, 0.15) is 98.8 Å². The number of rotatable bonds is 17.